The number of aryl methyl sites for hydroxylation is 1. The van der Waals surface area contributed by atoms with Crippen LogP contribution in [0.4, 0.5) is 16.0 Å². The van der Waals surface area contributed by atoms with Crippen molar-refractivity contribution < 1.29 is 4.39 Å². The summed E-state index contributed by atoms with van der Waals surface area (Å²) in [5.41, 5.74) is 6.93. The molecule has 0 saturated carbocycles. The zero-order valence-electron chi connectivity index (χ0n) is 12.2. The lowest BCUT2D eigenvalue weighted by atomic mass is 10.1. The van der Waals surface area contributed by atoms with Crippen LogP contribution in [0, 0.1) is 5.82 Å². The fraction of sp³-hybridized carbons (Fsp3) is 0.143. The Labute approximate surface area is 136 Å². The summed E-state index contributed by atoms with van der Waals surface area (Å²) in [5.74, 6) is -0.149. The van der Waals surface area contributed by atoms with Crippen LogP contribution in [0.3, 0.4) is 0 Å². The van der Waals surface area contributed by atoms with Crippen LogP contribution in [-0.4, -0.2) is 24.7 Å². The number of hydrogen-bond acceptors (Lipinski definition) is 6. The molecule has 0 amide bonds. The van der Waals surface area contributed by atoms with Crippen LogP contribution in [0.15, 0.2) is 30.9 Å². The van der Waals surface area contributed by atoms with Crippen molar-refractivity contribution in [1.29, 1.82) is 0 Å². The van der Waals surface area contributed by atoms with Crippen LogP contribution in [-0.2, 0) is 13.6 Å². The Morgan fingerprint density at radius 1 is 1.35 bits per heavy atom. The first-order chi connectivity index (χ1) is 11.1. The molecule has 2 aromatic heterocycles. The van der Waals surface area contributed by atoms with Gasteiger partial charge in [-0.3, -0.25) is 4.68 Å². The highest BCUT2D eigenvalue weighted by Crippen LogP contribution is 2.28. The lowest BCUT2D eigenvalue weighted by Crippen LogP contribution is -2.03. The molecule has 0 atom stereocenters. The van der Waals surface area contributed by atoms with Gasteiger partial charge in [0.15, 0.2) is 11.6 Å². The molecule has 9 heteroatoms. The number of nitrogens with zero attached hydrogens (tertiary/aromatic N) is 5. The summed E-state index contributed by atoms with van der Waals surface area (Å²) >= 11 is 5.97. The van der Waals surface area contributed by atoms with Gasteiger partial charge in [0.2, 0.25) is 5.95 Å². The number of benzene rings is 1. The molecular weight excluding hydrogens is 321 g/mol. The first-order valence-corrected chi connectivity index (χ1v) is 7.08. The van der Waals surface area contributed by atoms with Crippen molar-refractivity contribution in [3.05, 3.63) is 47.3 Å². The normalized spacial score (nSPS) is 10.8. The van der Waals surface area contributed by atoms with Crippen molar-refractivity contribution in [2.24, 2.45) is 12.8 Å². The average molecular weight is 334 g/mol. The summed E-state index contributed by atoms with van der Waals surface area (Å²) in [4.78, 5) is 12.2. The SMILES string of the molecule is Cn1cc(Nc2ncnc(-c3ccc(CN)c(Cl)c3F)n2)cn1. The highest BCUT2D eigenvalue weighted by molar-refractivity contribution is 6.31. The molecule has 0 bridgehead atoms. The number of halogens is 2. The Hall–Kier alpha value is -2.58. The maximum absolute atomic E-state index is 14.4. The molecular formula is C14H13ClFN7. The van der Waals surface area contributed by atoms with E-state index in [1.54, 1.807) is 36.3 Å². The molecule has 0 aliphatic rings. The van der Waals surface area contributed by atoms with Crippen molar-refractivity contribution in [2.75, 3.05) is 5.32 Å². The van der Waals surface area contributed by atoms with Crippen molar-refractivity contribution in [3.63, 3.8) is 0 Å². The van der Waals surface area contributed by atoms with E-state index in [1.165, 1.54) is 6.33 Å². The molecule has 23 heavy (non-hydrogen) atoms. The van der Waals surface area contributed by atoms with E-state index >= 15 is 0 Å². The van der Waals surface area contributed by atoms with Crippen molar-refractivity contribution in [2.45, 2.75) is 6.54 Å². The van der Waals surface area contributed by atoms with E-state index in [9.17, 15) is 4.39 Å². The third kappa shape index (κ3) is 3.13. The van der Waals surface area contributed by atoms with Gasteiger partial charge in [0, 0.05) is 19.8 Å². The number of hydrogen-bond donors (Lipinski definition) is 2. The van der Waals surface area contributed by atoms with Gasteiger partial charge in [-0.05, 0) is 11.6 Å². The molecule has 118 valence electrons. The predicted molar refractivity (Wildman–Crippen MR) is 84.6 cm³/mol. The highest BCUT2D eigenvalue weighted by Gasteiger charge is 2.15. The first-order valence-electron chi connectivity index (χ1n) is 6.70. The Morgan fingerprint density at radius 2 is 2.17 bits per heavy atom. The van der Waals surface area contributed by atoms with E-state index in [-0.39, 0.29) is 28.9 Å². The molecule has 3 rings (SSSR count). The molecule has 1 aromatic carbocycles. The lowest BCUT2D eigenvalue weighted by molar-refractivity contribution is 0.628. The zero-order chi connectivity index (χ0) is 16.4. The van der Waals surface area contributed by atoms with Gasteiger partial charge in [-0.15, -0.1) is 0 Å². The molecule has 0 aliphatic heterocycles. The van der Waals surface area contributed by atoms with Crippen LogP contribution >= 0.6 is 11.6 Å². The second-order valence-corrected chi connectivity index (χ2v) is 5.14. The molecule has 2 heterocycles. The summed E-state index contributed by atoms with van der Waals surface area (Å²) in [6.45, 7) is 0.154. The summed E-state index contributed by atoms with van der Waals surface area (Å²) < 4.78 is 16.0. The minimum atomic E-state index is -0.604. The number of nitrogens with one attached hydrogen (secondary N) is 1. The molecule has 0 radical (unpaired) electrons. The maximum Gasteiger partial charge on any atom is 0.230 e. The van der Waals surface area contributed by atoms with Crippen molar-refractivity contribution >= 4 is 23.2 Å². The third-order valence-corrected chi connectivity index (χ3v) is 3.56. The monoisotopic (exact) mass is 333 g/mol. The fourth-order valence-electron chi connectivity index (χ4n) is 2.02. The standard InChI is InChI=1S/C14H13ClFN7/c1-23-6-9(5-20-23)21-14-19-7-18-13(22-14)10-3-2-8(4-17)11(15)12(10)16/h2-3,5-7H,4,17H2,1H3,(H,18,19,21,22). The number of anilines is 2. The Morgan fingerprint density at radius 3 is 2.87 bits per heavy atom. The smallest absolute Gasteiger partial charge is 0.230 e. The molecule has 0 unspecified atom stereocenters. The van der Waals surface area contributed by atoms with E-state index in [0.29, 0.717) is 11.3 Å². The summed E-state index contributed by atoms with van der Waals surface area (Å²) in [6, 6.07) is 3.20. The molecule has 0 fully saturated rings. The number of aromatic nitrogens is 5. The van der Waals surface area contributed by atoms with E-state index in [0.717, 1.165) is 0 Å². The molecule has 0 aliphatic carbocycles. The van der Waals surface area contributed by atoms with Crippen LogP contribution in [0.2, 0.25) is 5.02 Å². The predicted octanol–water partition coefficient (Wildman–Crippen LogP) is 2.27. The van der Waals surface area contributed by atoms with E-state index in [2.05, 4.69) is 25.4 Å². The van der Waals surface area contributed by atoms with E-state index in [4.69, 9.17) is 17.3 Å². The molecule has 0 saturated heterocycles. The van der Waals surface area contributed by atoms with Crippen molar-refractivity contribution in [1.82, 2.24) is 24.7 Å². The van der Waals surface area contributed by atoms with Gasteiger partial charge in [0.1, 0.15) is 6.33 Å². The average Bonchev–Trinajstić information content (AvgIpc) is 2.95. The Balaban J connectivity index is 1.95. The Kier molecular flexibility index (Phi) is 4.18. The minimum Gasteiger partial charge on any atom is -0.326 e. The van der Waals surface area contributed by atoms with Gasteiger partial charge in [0.05, 0.1) is 22.5 Å². The largest absolute Gasteiger partial charge is 0.326 e. The summed E-state index contributed by atoms with van der Waals surface area (Å²) in [6.07, 6.45) is 4.68. The second-order valence-electron chi connectivity index (χ2n) is 4.76. The summed E-state index contributed by atoms with van der Waals surface area (Å²) in [7, 11) is 1.79. The maximum atomic E-state index is 14.4. The number of rotatable bonds is 4. The fourth-order valence-corrected chi connectivity index (χ4v) is 2.26. The minimum absolute atomic E-state index is 0.0211. The van der Waals surface area contributed by atoms with Crippen LogP contribution < -0.4 is 11.1 Å². The van der Waals surface area contributed by atoms with Crippen LogP contribution in [0.25, 0.3) is 11.4 Å². The lowest BCUT2D eigenvalue weighted by Gasteiger charge is -2.08. The number of nitrogens with two attached hydrogens (primary N) is 1. The van der Waals surface area contributed by atoms with Gasteiger partial charge >= 0.3 is 0 Å². The highest BCUT2D eigenvalue weighted by atomic mass is 35.5. The third-order valence-electron chi connectivity index (χ3n) is 3.16. The van der Waals surface area contributed by atoms with Gasteiger partial charge < -0.3 is 11.1 Å². The molecule has 3 aromatic rings. The van der Waals surface area contributed by atoms with Gasteiger partial charge in [-0.2, -0.15) is 10.1 Å². The second kappa shape index (κ2) is 6.27. The topological polar surface area (TPSA) is 94.5 Å². The zero-order valence-corrected chi connectivity index (χ0v) is 12.9. The Bertz CT molecular complexity index is 849. The first kappa shape index (κ1) is 15.3. The molecule has 0 spiro atoms. The van der Waals surface area contributed by atoms with E-state index < -0.39 is 5.82 Å². The van der Waals surface area contributed by atoms with Crippen molar-refractivity contribution in [3.8, 4) is 11.4 Å². The van der Waals surface area contributed by atoms with E-state index in [1.807, 2.05) is 0 Å². The van der Waals surface area contributed by atoms with Gasteiger partial charge in [-0.25, -0.2) is 14.4 Å². The van der Waals surface area contributed by atoms with Gasteiger partial charge in [-0.1, -0.05) is 17.7 Å². The molecule has 3 N–H and O–H groups in total. The van der Waals surface area contributed by atoms with Crippen LogP contribution in [0.1, 0.15) is 5.56 Å². The molecule has 7 nitrogen and oxygen atoms in total. The quantitative estimate of drug-likeness (QED) is 0.760. The van der Waals surface area contributed by atoms with Gasteiger partial charge in [0.25, 0.3) is 0 Å². The van der Waals surface area contributed by atoms with Crippen LogP contribution in [0.5, 0.6) is 0 Å². The summed E-state index contributed by atoms with van der Waals surface area (Å²) in [5, 5.41) is 6.98.